The van der Waals surface area contributed by atoms with Crippen LogP contribution in [-0.4, -0.2) is 44.3 Å². The Balaban J connectivity index is 1.89. The minimum Gasteiger partial charge on any atom is -0.347 e. The molecule has 15 heavy (non-hydrogen) atoms. The first kappa shape index (κ1) is 9.99. The van der Waals surface area contributed by atoms with Crippen molar-refractivity contribution in [3.63, 3.8) is 0 Å². The molecule has 3 rings (SSSR count). The SMILES string of the molecule is CC(C)[C@]12OCO[C@H]1[C@@H]1OCO[C@@H]1CO2. The van der Waals surface area contributed by atoms with E-state index in [2.05, 4.69) is 13.8 Å². The Kier molecular flexibility index (Phi) is 2.26. The van der Waals surface area contributed by atoms with Crippen LogP contribution in [-0.2, 0) is 23.7 Å². The van der Waals surface area contributed by atoms with Crippen molar-refractivity contribution in [3.05, 3.63) is 0 Å². The van der Waals surface area contributed by atoms with E-state index < -0.39 is 5.79 Å². The van der Waals surface area contributed by atoms with E-state index in [1.54, 1.807) is 0 Å². The van der Waals surface area contributed by atoms with Gasteiger partial charge in [0, 0.05) is 5.92 Å². The van der Waals surface area contributed by atoms with Gasteiger partial charge >= 0.3 is 0 Å². The lowest BCUT2D eigenvalue weighted by molar-refractivity contribution is -0.284. The maximum Gasteiger partial charge on any atom is 0.202 e. The maximum atomic E-state index is 5.81. The third-order valence-corrected chi connectivity index (χ3v) is 3.41. The van der Waals surface area contributed by atoms with Crippen LogP contribution in [0.1, 0.15) is 13.8 Å². The molecule has 5 nitrogen and oxygen atoms in total. The lowest BCUT2D eigenvalue weighted by atomic mass is 9.89. The third-order valence-electron chi connectivity index (χ3n) is 3.41. The molecule has 3 aliphatic heterocycles. The van der Waals surface area contributed by atoms with Crippen molar-refractivity contribution in [1.29, 1.82) is 0 Å². The zero-order valence-corrected chi connectivity index (χ0v) is 8.97. The molecule has 0 aliphatic carbocycles. The first-order valence-electron chi connectivity index (χ1n) is 5.37. The minimum absolute atomic E-state index is 0.0106. The van der Waals surface area contributed by atoms with Gasteiger partial charge in [-0.15, -0.1) is 0 Å². The van der Waals surface area contributed by atoms with Gasteiger partial charge in [0.25, 0.3) is 0 Å². The lowest BCUT2D eigenvalue weighted by Gasteiger charge is -2.43. The lowest BCUT2D eigenvalue weighted by Crippen LogP contribution is -2.60. The highest BCUT2D eigenvalue weighted by molar-refractivity contribution is 5.00. The van der Waals surface area contributed by atoms with Crippen LogP contribution in [0.5, 0.6) is 0 Å². The summed E-state index contributed by atoms with van der Waals surface area (Å²) in [5, 5.41) is 0. The summed E-state index contributed by atoms with van der Waals surface area (Å²) in [5.74, 6) is -0.412. The van der Waals surface area contributed by atoms with Crippen molar-refractivity contribution in [1.82, 2.24) is 0 Å². The van der Waals surface area contributed by atoms with Crippen molar-refractivity contribution >= 4 is 0 Å². The van der Waals surface area contributed by atoms with Crippen LogP contribution in [0.3, 0.4) is 0 Å². The average Bonchev–Trinajstić information content (AvgIpc) is 2.83. The van der Waals surface area contributed by atoms with Crippen LogP contribution in [0.4, 0.5) is 0 Å². The van der Waals surface area contributed by atoms with Gasteiger partial charge in [0.15, 0.2) is 6.79 Å². The highest BCUT2D eigenvalue weighted by Crippen LogP contribution is 2.42. The van der Waals surface area contributed by atoms with Crippen LogP contribution in [0, 0.1) is 5.92 Å². The third kappa shape index (κ3) is 1.28. The van der Waals surface area contributed by atoms with Crippen molar-refractivity contribution in [3.8, 4) is 0 Å². The Bertz CT molecular complexity index is 256. The second-order valence-electron chi connectivity index (χ2n) is 4.49. The van der Waals surface area contributed by atoms with Gasteiger partial charge in [0.05, 0.1) is 6.61 Å². The molecule has 0 aromatic rings. The second-order valence-corrected chi connectivity index (χ2v) is 4.49. The number of rotatable bonds is 1. The molecule has 5 heteroatoms. The molecule has 0 unspecified atom stereocenters. The van der Waals surface area contributed by atoms with Crippen LogP contribution in [0.25, 0.3) is 0 Å². The Morgan fingerprint density at radius 2 is 1.93 bits per heavy atom. The topological polar surface area (TPSA) is 46.2 Å². The number of hydrogen-bond donors (Lipinski definition) is 0. The summed E-state index contributed by atoms with van der Waals surface area (Å²) in [4.78, 5) is 0. The van der Waals surface area contributed by atoms with Gasteiger partial charge in [0.1, 0.15) is 25.1 Å². The molecule has 0 bridgehead atoms. The Morgan fingerprint density at radius 1 is 1.07 bits per heavy atom. The van der Waals surface area contributed by atoms with E-state index in [9.17, 15) is 0 Å². The van der Waals surface area contributed by atoms with E-state index in [0.29, 0.717) is 13.4 Å². The normalized spacial score (nSPS) is 49.4. The molecule has 0 aromatic carbocycles. The van der Waals surface area contributed by atoms with E-state index in [1.807, 2.05) is 0 Å². The van der Waals surface area contributed by atoms with E-state index in [0.717, 1.165) is 0 Å². The van der Waals surface area contributed by atoms with Crippen molar-refractivity contribution in [2.45, 2.75) is 37.9 Å². The summed E-state index contributed by atoms with van der Waals surface area (Å²) in [6, 6.07) is 0. The largest absolute Gasteiger partial charge is 0.347 e. The van der Waals surface area contributed by atoms with Gasteiger partial charge in [-0.1, -0.05) is 13.8 Å². The zero-order chi connectivity index (χ0) is 10.5. The van der Waals surface area contributed by atoms with Gasteiger partial charge < -0.3 is 23.7 Å². The van der Waals surface area contributed by atoms with Crippen LogP contribution >= 0.6 is 0 Å². The molecule has 3 fully saturated rings. The van der Waals surface area contributed by atoms with E-state index >= 15 is 0 Å². The molecule has 0 spiro atoms. The molecule has 0 N–H and O–H groups in total. The van der Waals surface area contributed by atoms with Crippen molar-refractivity contribution in [2.75, 3.05) is 20.2 Å². The first-order valence-corrected chi connectivity index (χ1v) is 5.37. The monoisotopic (exact) mass is 216 g/mol. The van der Waals surface area contributed by atoms with Gasteiger partial charge in [-0.2, -0.15) is 0 Å². The summed E-state index contributed by atoms with van der Waals surface area (Å²) in [7, 11) is 0. The molecular weight excluding hydrogens is 200 g/mol. The van der Waals surface area contributed by atoms with Gasteiger partial charge in [-0.05, 0) is 0 Å². The first-order chi connectivity index (χ1) is 7.24. The molecule has 0 radical (unpaired) electrons. The van der Waals surface area contributed by atoms with Crippen LogP contribution in [0.2, 0.25) is 0 Å². The predicted molar refractivity (Wildman–Crippen MR) is 49.0 cm³/mol. The number of ether oxygens (including phenoxy) is 5. The van der Waals surface area contributed by atoms with Gasteiger partial charge in [-0.25, -0.2) is 0 Å². The molecule has 4 atom stereocenters. The molecule has 0 saturated carbocycles. The molecular formula is C10H16O5. The summed E-state index contributed by atoms with van der Waals surface area (Å²) < 4.78 is 28.0. The van der Waals surface area contributed by atoms with E-state index in [4.69, 9.17) is 23.7 Å². The number of fused-ring (bicyclic) bond motifs is 3. The van der Waals surface area contributed by atoms with Gasteiger partial charge in [-0.3, -0.25) is 0 Å². The van der Waals surface area contributed by atoms with Gasteiger partial charge in [0.2, 0.25) is 5.79 Å². The molecule has 0 aromatic heterocycles. The Hall–Kier alpha value is -0.200. The highest BCUT2D eigenvalue weighted by Gasteiger charge is 2.60. The number of hydrogen-bond acceptors (Lipinski definition) is 5. The van der Waals surface area contributed by atoms with Crippen molar-refractivity contribution in [2.24, 2.45) is 5.92 Å². The maximum absolute atomic E-state index is 5.81. The summed E-state index contributed by atoms with van der Waals surface area (Å²) >= 11 is 0. The quantitative estimate of drug-likeness (QED) is 0.638. The fourth-order valence-electron chi connectivity index (χ4n) is 2.55. The van der Waals surface area contributed by atoms with Crippen molar-refractivity contribution < 1.29 is 23.7 Å². The molecule has 3 saturated heterocycles. The molecule has 86 valence electrons. The molecule has 3 aliphatic rings. The Labute approximate surface area is 88.6 Å². The smallest absolute Gasteiger partial charge is 0.202 e. The zero-order valence-electron chi connectivity index (χ0n) is 8.97. The average molecular weight is 216 g/mol. The highest BCUT2D eigenvalue weighted by atomic mass is 16.8. The van der Waals surface area contributed by atoms with E-state index in [1.165, 1.54) is 0 Å². The summed E-state index contributed by atoms with van der Waals surface area (Å²) in [6.07, 6.45) is -0.231. The minimum atomic E-state index is -0.644. The predicted octanol–water partition coefficient (Wildman–Crippen LogP) is 0.483. The van der Waals surface area contributed by atoms with E-state index in [-0.39, 0.29) is 31.0 Å². The summed E-state index contributed by atoms with van der Waals surface area (Å²) in [5.41, 5.74) is 0. The van der Waals surface area contributed by atoms with Crippen LogP contribution < -0.4 is 0 Å². The molecule has 0 amide bonds. The molecule has 3 heterocycles. The summed E-state index contributed by atoms with van der Waals surface area (Å²) in [6.45, 7) is 5.25. The standard InChI is InChI=1S/C10H16O5/c1-6(2)10-9(13-5-15-10)8-7(3-14-10)11-4-12-8/h6-9H,3-5H2,1-2H3/t7-,8-,9+,10+/m1/s1. The second kappa shape index (κ2) is 3.40. The fraction of sp³-hybridized carbons (Fsp3) is 1.00. The Morgan fingerprint density at radius 3 is 2.73 bits per heavy atom. The van der Waals surface area contributed by atoms with Crippen LogP contribution in [0.15, 0.2) is 0 Å². The fourth-order valence-corrected chi connectivity index (χ4v) is 2.55.